The minimum Gasteiger partial charge on any atom is -0.496 e. The molecule has 142 valence electrons. The van der Waals surface area contributed by atoms with Gasteiger partial charge in [-0.15, -0.1) is 16.4 Å². The van der Waals surface area contributed by atoms with Crippen molar-refractivity contribution in [3.8, 4) is 27.8 Å². The van der Waals surface area contributed by atoms with E-state index in [9.17, 15) is 0 Å². The Morgan fingerprint density at radius 2 is 1.75 bits per heavy atom. The normalized spacial score (nSPS) is 10.8. The average Bonchev–Trinajstić information content (AvgIpc) is 3.41. The van der Waals surface area contributed by atoms with Crippen LogP contribution in [0.15, 0.2) is 59.1 Å². The van der Waals surface area contributed by atoms with E-state index in [4.69, 9.17) is 14.5 Å². The summed E-state index contributed by atoms with van der Waals surface area (Å²) in [6.45, 7) is 0. The Labute approximate surface area is 170 Å². The first kappa shape index (κ1) is 18.5. The molecule has 0 fully saturated rings. The number of aromatic nitrogens is 5. The summed E-state index contributed by atoms with van der Waals surface area (Å²) in [6.07, 6.45) is 0. The van der Waals surface area contributed by atoms with Crippen molar-refractivity contribution >= 4 is 23.1 Å². The fourth-order valence-electron chi connectivity index (χ4n) is 2.68. The zero-order valence-corrected chi connectivity index (χ0v) is 16.9. The summed E-state index contributed by atoms with van der Waals surface area (Å²) < 4.78 is 12.5. The van der Waals surface area contributed by atoms with Crippen molar-refractivity contribution in [2.75, 3.05) is 14.2 Å². The Hall–Kier alpha value is -2.91. The monoisotopic (exact) mass is 411 g/mol. The number of para-hydroxylation sites is 3. The van der Waals surface area contributed by atoms with Crippen LogP contribution >= 0.6 is 23.1 Å². The molecule has 0 radical (unpaired) electrons. The molecule has 4 aromatic rings. The van der Waals surface area contributed by atoms with Gasteiger partial charge in [-0.25, -0.2) is 4.98 Å². The molecule has 2 aromatic carbocycles. The molecule has 0 atom stereocenters. The lowest BCUT2D eigenvalue weighted by atomic mass is 10.2. The lowest BCUT2D eigenvalue weighted by Gasteiger charge is -2.08. The van der Waals surface area contributed by atoms with Crippen molar-refractivity contribution in [1.29, 1.82) is 0 Å². The van der Waals surface area contributed by atoms with Crippen molar-refractivity contribution in [2.45, 2.75) is 10.9 Å². The van der Waals surface area contributed by atoms with E-state index in [1.807, 2.05) is 53.9 Å². The van der Waals surface area contributed by atoms with Gasteiger partial charge in [0.05, 0.1) is 25.5 Å². The molecule has 0 amide bonds. The predicted molar refractivity (Wildman–Crippen MR) is 109 cm³/mol. The van der Waals surface area contributed by atoms with E-state index in [0.29, 0.717) is 16.7 Å². The van der Waals surface area contributed by atoms with E-state index in [-0.39, 0.29) is 0 Å². The van der Waals surface area contributed by atoms with Crippen LogP contribution in [0.2, 0.25) is 0 Å². The Bertz CT molecular complexity index is 1080. The van der Waals surface area contributed by atoms with Crippen molar-refractivity contribution in [3.05, 3.63) is 59.6 Å². The highest BCUT2D eigenvalue weighted by molar-refractivity contribution is 7.98. The second-order valence-corrected chi connectivity index (χ2v) is 7.48. The summed E-state index contributed by atoms with van der Waals surface area (Å²) in [4.78, 5) is 4.74. The predicted octanol–water partition coefficient (Wildman–Crippen LogP) is 4.10. The summed E-state index contributed by atoms with van der Waals surface area (Å²) in [5, 5.41) is 15.7. The van der Waals surface area contributed by atoms with Gasteiger partial charge in [0.1, 0.15) is 22.2 Å². The third kappa shape index (κ3) is 3.71. The molecule has 0 saturated carbocycles. The molecule has 0 N–H and O–H groups in total. The fourth-order valence-corrected chi connectivity index (χ4v) is 4.41. The van der Waals surface area contributed by atoms with Crippen LogP contribution in [0, 0.1) is 0 Å². The van der Waals surface area contributed by atoms with Gasteiger partial charge in [0.25, 0.3) is 0 Å². The molecular weight excluding hydrogens is 394 g/mol. The summed E-state index contributed by atoms with van der Waals surface area (Å²) in [5.74, 6) is 2.18. The summed E-state index contributed by atoms with van der Waals surface area (Å²) in [6, 6.07) is 15.5. The van der Waals surface area contributed by atoms with Gasteiger partial charge in [-0.05, 0) is 34.7 Å². The fraction of sp³-hybridized carbons (Fsp3) is 0.158. The highest BCUT2D eigenvalue weighted by atomic mass is 32.2. The maximum Gasteiger partial charge on any atom is 0.214 e. The number of thioether (sulfide) groups is 1. The van der Waals surface area contributed by atoms with E-state index < -0.39 is 0 Å². The number of thiazole rings is 1. The van der Waals surface area contributed by atoms with Gasteiger partial charge in [-0.2, -0.15) is 4.68 Å². The van der Waals surface area contributed by atoms with E-state index in [0.717, 1.165) is 27.7 Å². The van der Waals surface area contributed by atoms with E-state index in [1.165, 1.54) is 11.8 Å². The molecule has 0 bridgehead atoms. The standard InChI is InChI=1S/C19H17N5O2S2/c1-25-16-9-5-3-7-14(16)18-20-13(11-27-18)12-28-19-21-22-23-24(19)15-8-4-6-10-17(15)26-2/h3-11H,12H2,1-2H3. The van der Waals surface area contributed by atoms with Gasteiger partial charge in [-0.1, -0.05) is 36.0 Å². The third-order valence-electron chi connectivity index (χ3n) is 3.99. The van der Waals surface area contributed by atoms with Gasteiger partial charge >= 0.3 is 0 Å². The number of nitrogens with zero attached hydrogens (tertiary/aromatic N) is 5. The number of hydrogen-bond acceptors (Lipinski definition) is 8. The summed E-state index contributed by atoms with van der Waals surface area (Å²) in [7, 11) is 3.30. The van der Waals surface area contributed by atoms with Gasteiger partial charge in [0.15, 0.2) is 0 Å². The molecule has 28 heavy (non-hydrogen) atoms. The van der Waals surface area contributed by atoms with E-state index in [1.54, 1.807) is 30.2 Å². The van der Waals surface area contributed by atoms with Crippen molar-refractivity contribution in [3.63, 3.8) is 0 Å². The molecular formula is C19H17N5O2S2. The molecule has 0 spiro atoms. The lowest BCUT2D eigenvalue weighted by molar-refractivity contribution is 0.410. The molecule has 2 aromatic heterocycles. The van der Waals surface area contributed by atoms with Crippen molar-refractivity contribution < 1.29 is 9.47 Å². The van der Waals surface area contributed by atoms with Crippen LogP contribution in [0.1, 0.15) is 5.69 Å². The van der Waals surface area contributed by atoms with Crippen LogP contribution in [-0.2, 0) is 5.75 Å². The largest absolute Gasteiger partial charge is 0.496 e. The SMILES string of the molecule is COc1ccccc1-c1nc(CSc2nnnn2-c2ccccc2OC)cs1. The Balaban J connectivity index is 1.53. The van der Waals surface area contributed by atoms with Crippen LogP contribution in [0.5, 0.6) is 11.5 Å². The number of rotatable bonds is 7. The second-order valence-electron chi connectivity index (χ2n) is 5.68. The lowest BCUT2D eigenvalue weighted by Crippen LogP contribution is -2.01. The number of hydrogen-bond donors (Lipinski definition) is 0. The van der Waals surface area contributed by atoms with Crippen LogP contribution in [0.25, 0.3) is 16.3 Å². The molecule has 7 nitrogen and oxygen atoms in total. The van der Waals surface area contributed by atoms with Gasteiger partial charge in [0.2, 0.25) is 5.16 Å². The van der Waals surface area contributed by atoms with Crippen molar-refractivity contribution in [1.82, 2.24) is 25.2 Å². The molecule has 2 heterocycles. The highest BCUT2D eigenvalue weighted by Crippen LogP contribution is 2.33. The Morgan fingerprint density at radius 1 is 1.00 bits per heavy atom. The first-order chi connectivity index (χ1) is 13.8. The molecule has 0 aliphatic rings. The molecule has 4 rings (SSSR count). The zero-order chi connectivity index (χ0) is 19.3. The average molecular weight is 412 g/mol. The molecule has 0 unspecified atom stereocenters. The topological polar surface area (TPSA) is 75.0 Å². The minimum absolute atomic E-state index is 0.654. The first-order valence-electron chi connectivity index (χ1n) is 8.42. The Kier molecular flexibility index (Phi) is 5.54. The number of benzene rings is 2. The smallest absolute Gasteiger partial charge is 0.214 e. The Morgan fingerprint density at radius 3 is 2.57 bits per heavy atom. The van der Waals surface area contributed by atoms with Crippen LogP contribution in [-0.4, -0.2) is 39.4 Å². The van der Waals surface area contributed by atoms with Gasteiger partial charge < -0.3 is 9.47 Å². The molecule has 9 heteroatoms. The zero-order valence-electron chi connectivity index (χ0n) is 15.3. The minimum atomic E-state index is 0.654. The maximum atomic E-state index is 5.43. The second kappa shape index (κ2) is 8.41. The first-order valence-corrected chi connectivity index (χ1v) is 10.3. The van der Waals surface area contributed by atoms with Crippen LogP contribution in [0.3, 0.4) is 0 Å². The highest BCUT2D eigenvalue weighted by Gasteiger charge is 2.15. The number of ether oxygens (including phenoxy) is 2. The van der Waals surface area contributed by atoms with Gasteiger partial charge in [0, 0.05) is 11.1 Å². The van der Waals surface area contributed by atoms with Crippen molar-refractivity contribution in [2.24, 2.45) is 0 Å². The van der Waals surface area contributed by atoms with Crippen LogP contribution < -0.4 is 9.47 Å². The number of methoxy groups -OCH3 is 2. The van der Waals surface area contributed by atoms with E-state index >= 15 is 0 Å². The summed E-state index contributed by atoms with van der Waals surface area (Å²) in [5.41, 5.74) is 2.75. The van der Waals surface area contributed by atoms with Gasteiger partial charge in [-0.3, -0.25) is 0 Å². The quantitative estimate of drug-likeness (QED) is 0.424. The third-order valence-corrected chi connectivity index (χ3v) is 5.87. The van der Waals surface area contributed by atoms with Crippen LogP contribution in [0.4, 0.5) is 0 Å². The van der Waals surface area contributed by atoms with E-state index in [2.05, 4.69) is 15.5 Å². The summed E-state index contributed by atoms with van der Waals surface area (Å²) >= 11 is 3.12. The number of tetrazole rings is 1. The molecule has 0 aliphatic carbocycles. The maximum absolute atomic E-state index is 5.43. The molecule has 0 aliphatic heterocycles. The molecule has 0 saturated heterocycles.